The van der Waals surface area contributed by atoms with Crippen molar-refractivity contribution in [2.45, 2.75) is 19.8 Å². The molecule has 1 aliphatic heterocycles. The predicted molar refractivity (Wildman–Crippen MR) is 78.2 cm³/mol. The number of benzene rings is 1. The summed E-state index contributed by atoms with van der Waals surface area (Å²) in [7, 11) is 0. The SMILES string of the molecule is CC1(CN)CCN(c2nc3ccccc3s2)CC1. The average molecular weight is 261 g/mol. The molecule has 1 fully saturated rings. The molecule has 0 bridgehead atoms. The number of hydrogen-bond donors (Lipinski definition) is 1. The molecule has 3 rings (SSSR count). The minimum atomic E-state index is 0.327. The zero-order valence-electron chi connectivity index (χ0n) is 10.7. The van der Waals surface area contributed by atoms with Crippen LogP contribution in [0.1, 0.15) is 19.8 Å². The Morgan fingerprint density at radius 1 is 1.33 bits per heavy atom. The van der Waals surface area contributed by atoms with Gasteiger partial charge in [0.1, 0.15) is 0 Å². The molecule has 0 aliphatic carbocycles. The Labute approximate surface area is 112 Å². The molecule has 0 amide bonds. The molecule has 2 aromatic rings. The Kier molecular flexibility index (Phi) is 2.99. The third kappa shape index (κ3) is 2.10. The topological polar surface area (TPSA) is 42.1 Å². The maximum atomic E-state index is 5.85. The number of rotatable bonds is 2. The van der Waals surface area contributed by atoms with Crippen LogP contribution in [-0.2, 0) is 0 Å². The van der Waals surface area contributed by atoms with Crippen molar-refractivity contribution in [2.24, 2.45) is 11.1 Å². The first-order chi connectivity index (χ1) is 8.70. The van der Waals surface area contributed by atoms with Crippen molar-refractivity contribution in [2.75, 3.05) is 24.5 Å². The molecule has 0 unspecified atom stereocenters. The molecule has 1 aromatic carbocycles. The highest BCUT2D eigenvalue weighted by Gasteiger charge is 2.29. The molecule has 0 atom stereocenters. The summed E-state index contributed by atoms with van der Waals surface area (Å²) in [4.78, 5) is 7.13. The molecule has 0 radical (unpaired) electrons. The Morgan fingerprint density at radius 2 is 2.06 bits per heavy atom. The fourth-order valence-corrected chi connectivity index (χ4v) is 3.45. The monoisotopic (exact) mass is 261 g/mol. The van der Waals surface area contributed by atoms with Gasteiger partial charge < -0.3 is 10.6 Å². The summed E-state index contributed by atoms with van der Waals surface area (Å²) in [6.07, 6.45) is 2.33. The number of para-hydroxylation sites is 1. The summed E-state index contributed by atoms with van der Waals surface area (Å²) in [5.41, 5.74) is 7.29. The molecule has 1 aromatic heterocycles. The second-order valence-corrected chi connectivity index (χ2v) is 6.48. The van der Waals surface area contributed by atoms with E-state index in [-0.39, 0.29) is 0 Å². The second kappa shape index (κ2) is 4.52. The maximum Gasteiger partial charge on any atom is 0.186 e. The molecule has 1 saturated heterocycles. The van der Waals surface area contributed by atoms with Crippen LogP contribution in [0.15, 0.2) is 24.3 Å². The van der Waals surface area contributed by atoms with E-state index in [4.69, 9.17) is 10.7 Å². The van der Waals surface area contributed by atoms with Gasteiger partial charge in [-0.15, -0.1) is 0 Å². The van der Waals surface area contributed by atoms with Crippen molar-refractivity contribution in [1.29, 1.82) is 0 Å². The molecule has 4 heteroatoms. The lowest BCUT2D eigenvalue weighted by molar-refractivity contribution is 0.258. The van der Waals surface area contributed by atoms with Crippen molar-refractivity contribution in [3.8, 4) is 0 Å². The Morgan fingerprint density at radius 3 is 2.72 bits per heavy atom. The highest BCUT2D eigenvalue weighted by molar-refractivity contribution is 7.22. The second-order valence-electron chi connectivity index (χ2n) is 5.47. The van der Waals surface area contributed by atoms with E-state index in [1.807, 2.05) is 6.07 Å². The zero-order chi connectivity index (χ0) is 12.6. The van der Waals surface area contributed by atoms with Gasteiger partial charge >= 0.3 is 0 Å². The summed E-state index contributed by atoms with van der Waals surface area (Å²) < 4.78 is 1.28. The summed E-state index contributed by atoms with van der Waals surface area (Å²) in [6, 6.07) is 8.35. The lowest BCUT2D eigenvalue weighted by Gasteiger charge is -2.38. The summed E-state index contributed by atoms with van der Waals surface area (Å²) in [5, 5.41) is 1.16. The maximum absolute atomic E-state index is 5.85. The first-order valence-corrected chi connectivity index (χ1v) is 7.32. The van der Waals surface area contributed by atoms with Crippen LogP contribution in [0.3, 0.4) is 0 Å². The first kappa shape index (κ1) is 11.9. The van der Waals surface area contributed by atoms with E-state index in [1.165, 1.54) is 17.5 Å². The fraction of sp³-hybridized carbons (Fsp3) is 0.500. The van der Waals surface area contributed by atoms with Crippen LogP contribution in [0.5, 0.6) is 0 Å². The Balaban J connectivity index is 1.80. The van der Waals surface area contributed by atoms with Gasteiger partial charge in [0.15, 0.2) is 5.13 Å². The van der Waals surface area contributed by atoms with Gasteiger partial charge in [0.25, 0.3) is 0 Å². The summed E-state index contributed by atoms with van der Waals surface area (Å²) >= 11 is 1.80. The van der Waals surface area contributed by atoms with E-state index >= 15 is 0 Å². The van der Waals surface area contributed by atoms with E-state index in [1.54, 1.807) is 11.3 Å². The van der Waals surface area contributed by atoms with Crippen LogP contribution < -0.4 is 10.6 Å². The van der Waals surface area contributed by atoms with Crippen molar-refractivity contribution < 1.29 is 0 Å². The van der Waals surface area contributed by atoms with Crippen LogP contribution in [0, 0.1) is 5.41 Å². The third-order valence-corrected chi connectivity index (χ3v) is 5.11. The van der Waals surface area contributed by atoms with Gasteiger partial charge in [0.05, 0.1) is 10.2 Å². The molecule has 2 heterocycles. The van der Waals surface area contributed by atoms with E-state index < -0.39 is 0 Å². The molecular weight excluding hydrogens is 242 g/mol. The van der Waals surface area contributed by atoms with Crippen molar-refractivity contribution in [1.82, 2.24) is 4.98 Å². The van der Waals surface area contributed by atoms with Gasteiger partial charge in [0.2, 0.25) is 0 Å². The highest BCUT2D eigenvalue weighted by Crippen LogP contribution is 2.35. The molecule has 96 valence electrons. The molecule has 3 nitrogen and oxygen atoms in total. The molecule has 0 spiro atoms. The Bertz CT molecular complexity index is 508. The number of piperidine rings is 1. The largest absolute Gasteiger partial charge is 0.348 e. The van der Waals surface area contributed by atoms with Gasteiger partial charge in [-0.1, -0.05) is 30.4 Å². The van der Waals surface area contributed by atoms with E-state index in [2.05, 4.69) is 30.0 Å². The van der Waals surface area contributed by atoms with Gasteiger partial charge in [-0.25, -0.2) is 4.98 Å². The molecule has 0 saturated carbocycles. The molecule has 18 heavy (non-hydrogen) atoms. The number of aromatic nitrogens is 1. The third-order valence-electron chi connectivity index (χ3n) is 4.02. The average Bonchev–Trinajstić information content (AvgIpc) is 2.83. The van der Waals surface area contributed by atoms with Gasteiger partial charge in [-0.3, -0.25) is 0 Å². The smallest absolute Gasteiger partial charge is 0.186 e. The minimum Gasteiger partial charge on any atom is -0.348 e. The number of hydrogen-bond acceptors (Lipinski definition) is 4. The van der Waals surface area contributed by atoms with Crippen LogP contribution in [0.25, 0.3) is 10.2 Å². The first-order valence-electron chi connectivity index (χ1n) is 6.51. The van der Waals surface area contributed by atoms with E-state index in [9.17, 15) is 0 Å². The standard InChI is InChI=1S/C14H19N3S/c1-14(10-15)6-8-17(9-7-14)13-16-11-4-2-3-5-12(11)18-13/h2-5H,6-10,15H2,1H3. The van der Waals surface area contributed by atoms with Crippen LogP contribution in [0.2, 0.25) is 0 Å². The van der Waals surface area contributed by atoms with Gasteiger partial charge in [0, 0.05) is 13.1 Å². The van der Waals surface area contributed by atoms with Gasteiger partial charge in [-0.2, -0.15) is 0 Å². The summed E-state index contributed by atoms with van der Waals surface area (Å²) in [5.74, 6) is 0. The van der Waals surface area contributed by atoms with E-state index in [0.717, 1.165) is 30.3 Å². The van der Waals surface area contributed by atoms with Crippen molar-refractivity contribution >= 4 is 26.7 Å². The van der Waals surface area contributed by atoms with Crippen LogP contribution >= 0.6 is 11.3 Å². The quantitative estimate of drug-likeness (QED) is 0.904. The highest BCUT2D eigenvalue weighted by atomic mass is 32.1. The Hall–Kier alpha value is -1.13. The lowest BCUT2D eigenvalue weighted by atomic mass is 9.81. The number of thiazole rings is 1. The van der Waals surface area contributed by atoms with E-state index in [0.29, 0.717) is 5.41 Å². The van der Waals surface area contributed by atoms with Crippen LogP contribution in [0.4, 0.5) is 5.13 Å². The molecule has 1 aliphatic rings. The van der Waals surface area contributed by atoms with Crippen molar-refractivity contribution in [3.63, 3.8) is 0 Å². The number of nitrogens with two attached hydrogens (primary N) is 1. The number of nitrogens with zero attached hydrogens (tertiary/aromatic N) is 2. The molecule has 2 N–H and O–H groups in total. The van der Waals surface area contributed by atoms with Gasteiger partial charge in [-0.05, 0) is 36.9 Å². The van der Waals surface area contributed by atoms with Crippen LogP contribution in [-0.4, -0.2) is 24.6 Å². The predicted octanol–water partition coefficient (Wildman–Crippen LogP) is 2.86. The fourth-order valence-electron chi connectivity index (χ4n) is 2.44. The minimum absolute atomic E-state index is 0.327. The summed E-state index contributed by atoms with van der Waals surface area (Å²) in [6.45, 7) is 5.24. The van der Waals surface area contributed by atoms with Crippen molar-refractivity contribution in [3.05, 3.63) is 24.3 Å². The lowest BCUT2D eigenvalue weighted by Crippen LogP contribution is -2.42. The normalized spacial score (nSPS) is 19.3. The zero-order valence-corrected chi connectivity index (χ0v) is 11.5. The number of anilines is 1. The molecular formula is C14H19N3S. The number of fused-ring (bicyclic) bond motifs is 1.